The zero-order chi connectivity index (χ0) is 58.7. The highest BCUT2D eigenvalue weighted by Crippen LogP contribution is 2.43. The molecule has 0 aromatic heterocycles. The summed E-state index contributed by atoms with van der Waals surface area (Å²) in [5.41, 5.74) is 5.39. The molecule has 3 N–H and O–H groups in total. The molecular weight excluding hydrogens is 1030 g/mol. The van der Waals surface area contributed by atoms with E-state index < -0.39 is 32.5 Å². The monoisotopic (exact) mass is 1140 g/mol. The Labute approximate surface area is 496 Å². The summed E-state index contributed by atoms with van der Waals surface area (Å²) >= 11 is 0. The molecule has 0 aromatic rings. The molecule has 0 fully saturated rings. The highest BCUT2D eigenvalue weighted by atomic mass is 31.2. The smallest absolute Gasteiger partial charge is 0.462 e. The number of esters is 2. The van der Waals surface area contributed by atoms with E-state index in [-0.39, 0.29) is 32.6 Å². The van der Waals surface area contributed by atoms with E-state index in [1.807, 2.05) is 0 Å². The van der Waals surface area contributed by atoms with Gasteiger partial charge in [-0.2, -0.15) is 0 Å². The minimum Gasteiger partial charge on any atom is -0.462 e. The Balaban J connectivity index is 4.03. The van der Waals surface area contributed by atoms with Crippen LogP contribution in [0.2, 0.25) is 0 Å². The van der Waals surface area contributed by atoms with Gasteiger partial charge in [-0.15, -0.1) is 0 Å². The van der Waals surface area contributed by atoms with Crippen LogP contribution in [0, 0.1) is 0 Å². The topological polar surface area (TPSA) is 134 Å². The van der Waals surface area contributed by atoms with Crippen molar-refractivity contribution in [3.8, 4) is 0 Å². The normalized spacial score (nSPS) is 14.1. The fraction of sp³-hybridized carbons (Fsp3) is 0.606. The lowest BCUT2D eigenvalue weighted by molar-refractivity contribution is -0.161. The quantitative estimate of drug-likeness (QED) is 0.0264. The Morgan fingerprint density at radius 3 is 0.951 bits per heavy atom. The average Bonchev–Trinajstić information content (AvgIpc) is 3.46. The van der Waals surface area contributed by atoms with E-state index in [1.165, 1.54) is 83.5 Å². The summed E-state index contributed by atoms with van der Waals surface area (Å²) in [4.78, 5) is 35.3. The summed E-state index contributed by atoms with van der Waals surface area (Å²) in [6, 6.07) is 0. The first-order valence-electron chi connectivity index (χ1n) is 32.0. The van der Waals surface area contributed by atoms with E-state index in [0.717, 1.165) is 128 Å². The van der Waals surface area contributed by atoms with E-state index >= 15 is 0 Å². The van der Waals surface area contributed by atoms with Gasteiger partial charge >= 0.3 is 19.8 Å². The van der Waals surface area contributed by atoms with E-state index in [9.17, 15) is 19.0 Å². The van der Waals surface area contributed by atoms with E-state index in [1.54, 1.807) is 0 Å². The van der Waals surface area contributed by atoms with Gasteiger partial charge in [0.25, 0.3) is 0 Å². The molecule has 0 radical (unpaired) electrons. The molecule has 81 heavy (non-hydrogen) atoms. The largest absolute Gasteiger partial charge is 0.472 e. The van der Waals surface area contributed by atoms with Crippen LogP contribution in [0.25, 0.3) is 0 Å². The van der Waals surface area contributed by atoms with Crippen molar-refractivity contribution in [3.05, 3.63) is 158 Å². The lowest BCUT2D eigenvalue weighted by atomic mass is 10.0. The fourth-order valence-corrected chi connectivity index (χ4v) is 9.03. The number of hydrogen-bond acceptors (Lipinski definition) is 8. The number of allylic oxidation sites excluding steroid dienone is 26. The molecule has 458 valence electrons. The van der Waals surface area contributed by atoms with E-state index in [0.29, 0.717) is 6.42 Å². The molecule has 0 aliphatic heterocycles. The predicted octanol–water partition coefficient (Wildman–Crippen LogP) is 20.8. The van der Waals surface area contributed by atoms with Gasteiger partial charge in [0, 0.05) is 19.4 Å². The first kappa shape index (κ1) is 76.6. The number of hydrogen-bond donors (Lipinski definition) is 2. The summed E-state index contributed by atoms with van der Waals surface area (Å²) in [5.74, 6) is -0.865. The van der Waals surface area contributed by atoms with Crippen LogP contribution in [0.3, 0.4) is 0 Å². The van der Waals surface area contributed by atoms with Gasteiger partial charge in [-0.05, 0) is 122 Å². The van der Waals surface area contributed by atoms with E-state index in [4.69, 9.17) is 24.3 Å². The van der Waals surface area contributed by atoms with Gasteiger partial charge < -0.3 is 20.1 Å². The van der Waals surface area contributed by atoms with Crippen LogP contribution in [-0.4, -0.2) is 49.3 Å². The van der Waals surface area contributed by atoms with Crippen LogP contribution in [0.15, 0.2) is 158 Å². The predicted molar refractivity (Wildman–Crippen MR) is 348 cm³/mol. The number of rotatable bonds is 58. The van der Waals surface area contributed by atoms with Crippen molar-refractivity contribution in [2.24, 2.45) is 5.73 Å². The molecule has 0 saturated carbocycles. The zero-order valence-corrected chi connectivity index (χ0v) is 52.1. The molecule has 0 aromatic carbocycles. The van der Waals surface area contributed by atoms with Gasteiger partial charge in [0.05, 0.1) is 13.2 Å². The van der Waals surface area contributed by atoms with Crippen molar-refractivity contribution in [1.82, 2.24) is 0 Å². The molecule has 2 unspecified atom stereocenters. The van der Waals surface area contributed by atoms with Crippen LogP contribution in [-0.2, 0) is 32.7 Å². The third-order valence-electron chi connectivity index (χ3n) is 12.9. The molecular formula is C71H116NO8P. The molecule has 0 spiro atoms. The molecule has 0 aliphatic carbocycles. The Bertz CT molecular complexity index is 1880. The average molecular weight is 1140 g/mol. The van der Waals surface area contributed by atoms with Crippen molar-refractivity contribution < 1.29 is 37.6 Å². The van der Waals surface area contributed by atoms with Crippen molar-refractivity contribution in [2.45, 2.75) is 251 Å². The molecule has 9 nitrogen and oxygen atoms in total. The van der Waals surface area contributed by atoms with Crippen molar-refractivity contribution in [2.75, 3.05) is 26.4 Å². The Morgan fingerprint density at radius 2 is 0.642 bits per heavy atom. The molecule has 2 atom stereocenters. The standard InChI is InChI=1S/C71H116NO8P/c1-3-5-7-9-11-13-15-17-19-21-23-25-27-29-31-33-34-36-37-39-41-43-45-47-49-51-53-55-57-59-61-63-70(73)77-67-69(68-79-81(75,76)78-66-65-72)80-71(74)64-62-60-58-56-54-52-50-48-46-44-42-40-38-35-32-30-28-26-24-22-20-18-16-14-12-10-8-6-4-2/h5-8,11-14,17-20,23-26,29-32,38,40,44,46,50,52,69H,3-4,9-10,15-16,21-22,27-28,33-37,39,41-43,45,47-49,51,53-68,72H2,1-2H3,(H,75,76)/b7-5-,8-6-,13-11-,14-12-,19-17-,20-18-,25-23-,26-24-,31-29-,32-30-,40-38-,46-44-,52-50-. The minimum atomic E-state index is -4.41. The summed E-state index contributed by atoms with van der Waals surface area (Å²) in [5, 5.41) is 0. The van der Waals surface area contributed by atoms with Gasteiger partial charge in [-0.3, -0.25) is 18.6 Å². The molecule has 0 aliphatic rings. The molecule has 0 amide bonds. The first-order chi connectivity index (χ1) is 39.8. The van der Waals surface area contributed by atoms with Crippen LogP contribution < -0.4 is 5.73 Å². The second-order valence-electron chi connectivity index (χ2n) is 20.5. The molecule has 0 heterocycles. The molecule has 0 rings (SSSR count). The van der Waals surface area contributed by atoms with Crippen LogP contribution in [0.4, 0.5) is 0 Å². The van der Waals surface area contributed by atoms with Crippen LogP contribution >= 0.6 is 7.82 Å². The first-order valence-corrected chi connectivity index (χ1v) is 33.5. The lowest BCUT2D eigenvalue weighted by Crippen LogP contribution is -2.29. The van der Waals surface area contributed by atoms with Crippen molar-refractivity contribution >= 4 is 19.8 Å². The summed E-state index contributed by atoms with van der Waals surface area (Å²) in [6.07, 6.45) is 94.5. The maximum atomic E-state index is 12.7. The minimum absolute atomic E-state index is 0.0408. The molecule has 0 saturated heterocycles. The fourth-order valence-electron chi connectivity index (χ4n) is 8.27. The molecule has 0 bridgehead atoms. The lowest BCUT2D eigenvalue weighted by Gasteiger charge is -2.19. The van der Waals surface area contributed by atoms with Crippen LogP contribution in [0.1, 0.15) is 245 Å². The summed E-state index contributed by atoms with van der Waals surface area (Å²) < 4.78 is 33.1. The third kappa shape index (κ3) is 64.7. The summed E-state index contributed by atoms with van der Waals surface area (Å²) in [6.45, 7) is 3.48. The number of phosphoric acid groups is 1. The zero-order valence-electron chi connectivity index (χ0n) is 51.2. The highest BCUT2D eigenvalue weighted by molar-refractivity contribution is 7.47. The van der Waals surface area contributed by atoms with Gasteiger partial charge in [0.2, 0.25) is 0 Å². The number of carbonyl (C=O) groups is 2. The van der Waals surface area contributed by atoms with Gasteiger partial charge in [0.15, 0.2) is 6.10 Å². The van der Waals surface area contributed by atoms with Crippen molar-refractivity contribution in [3.63, 3.8) is 0 Å². The summed E-state index contributed by atoms with van der Waals surface area (Å²) in [7, 11) is -4.41. The van der Waals surface area contributed by atoms with Crippen molar-refractivity contribution in [1.29, 1.82) is 0 Å². The Kier molecular flexibility index (Phi) is 61.3. The maximum absolute atomic E-state index is 12.7. The number of nitrogens with two attached hydrogens (primary N) is 1. The number of carbonyl (C=O) groups excluding carboxylic acids is 2. The highest BCUT2D eigenvalue weighted by Gasteiger charge is 2.26. The second kappa shape index (κ2) is 64.8. The van der Waals surface area contributed by atoms with Gasteiger partial charge in [0.1, 0.15) is 6.61 Å². The number of unbranched alkanes of at least 4 members (excludes halogenated alkanes) is 19. The number of phosphoric ester groups is 1. The van der Waals surface area contributed by atoms with E-state index in [2.05, 4.69) is 172 Å². The molecule has 10 heteroatoms. The third-order valence-corrected chi connectivity index (χ3v) is 13.9. The van der Waals surface area contributed by atoms with Gasteiger partial charge in [-0.1, -0.05) is 268 Å². The maximum Gasteiger partial charge on any atom is 0.472 e. The van der Waals surface area contributed by atoms with Gasteiger partial charge in [-0.25, -0.2) is 4.57 Å². The SMILES string of the molecule is CC/C=C\C/C=C\C/C=C\C/C=C\C/C=C\C/C=C\C/C=C\C/C=C\CCCCCCC(=O)OC(COC(=O)CCCCCCCCCCCCCCCCC/C=C\C/C=C\C/C=C\C/C=C\C/C=C\CC)COP(=O)(O)OCCN. The number of ether oxygens (including phenoxy) is 2. The Hall–Kier alpha value is -4.37. The Morgan fingerprint density at radius 1 is 0.370 bits per heavy atom. The second-order valence-corrected chi connectivity index (χ2v) is 22.0. The van der Waals surface area contributed by atoms with Crippen LogP contribution in [0.5, 0.6) is 0 Å².